The van der Waals surface area contributed by atoms with Crippen LogP contribution in [-0.4, -0.2) is 12.6 Å². The maximum absolute atomic E-state index is 3.97. The highest BCUT2D eigenvalue weighted by atomic mass is 14.9. The van der Waals surface area contributed by atoms with Gasteiger partial charge in [-0.25, -0.2) is 0 Å². The van der Waals surface area contributed by atoms with Gasteiger partial charge < -0.3 is 5.32 Å². The first-order chi connectivity index (χ1) is 10.4. The zero-order valence-corrected chi connectivity index (χ0v) is 14.5. The van der Waals surface area contributed by atoms with Gasteiger partial charge >= 0.3 is 0 Å². The maximum Gasteiger partial charge on any atom is 0.00671 e. The van der Waals surface area contributed by atoms with Crippen molar-refractivity contribution in [3.63, 3.8) is 0 Å². The van der Waals surface area contributed by atoms with Crippen molar-refractivity contribution >= 4 is 0 Å². The number of nitrogens with one attached hydrogen (secondary N) is 1. The number of rotatable bonds is 3. The third-order valence-electron chi connectivity index (χ3n) is 6.06. The summed E-state index contributed by atoms with van der Waals surface area (Å²) in [6.07, 6.45) is 22.0. The Labute approximate surface area is 133 Å². The van der Waals surface area contributed by atoms with Crippen molar-refractivity contribution in [3.8, 4) is 0 Å². The van der Waals surface area contributed by atoms with Crippen molar-refractivity contribution in [2.75, 3.05) is 6.54 Å². The lowest BCUT2D eigenvalue weighted by Gasteiger charge is -2.31. The second-order valence-corrected chi connectivity index (χ2v) is 7.89. The van der Waals surface area contributed by atoms with Crippen molar-refractivity contribution in [1.82, 2.24) is 5.32 Å². The third-order valence-corrected chi connectivity index (χ3v) is 6.06. The highest BCUT2D eigenvalue weighted by molar-refractivity contribution is 4.77. The minimum atomic E-state index is 0.818. The van der Waals surface area contributed by atoms with Crippen molar-refractivity contribution in [2.45, 2.75) is 109 Å². The molecule has 2 rings (SSSR count). The van der Waals surface area contributed by atoms with Gasteiger partial charge in [0.1, 0.15) is 0 Å². The minimum absolute atomic E-state index is 0.818. The van der Waals surface area contributed by atoms with Crippen molar-refractivity contribution in [2.24, 2.45) is 11.8 Å². The standard InChI is InChI=1S/C20H39N/c1-18-13-11-12-14-19(18)17-21-20-15-9-7-5-3-2-4-6-8-10-16-20/h18-21H,2-17H2,1H3. The van der Waals surface area contributed by atoms with Crippen LogP contribution in [0, 0.1) is 11.8 Å². The first-order valence-electron chi connectivity index (χ1n) is 10.1. The van der Waals surface area contributed by atoms with Gasteiger partial charge in [0.05, 0.1) is 0 Å². The second kappa shape index (κ2) is 10.6. The van der Waals surface area contributed by atoms with Gasteiger partial charge in [-0.05, 0) is 37.6 Å². The normalized spacial score (nSPS) is 31.3. The van der Waals surface area contributed by atoms with Gasteiger partial charge in [0.25, 0.3) is 0 Å². The van der Waals surface area contributed by atoms with Gasteiger partial charge in [-0.15, -0.1) is 0 Å². The van der Waals surface area contributed by atoms with Crippen molar-refractivity contribution in [1.29, 1.82) is 0 Å². The average Bonchev–Trinajstić information content (AvgIpc) is 2.48. The molecule has 1 nitrogen and oxygen atoms in total. The van der Waals surface area contributed by atoms with E-state index in [4.69, 9.17) is 0 Å². The Morgan fingerprint density at radius 3 is 1.67 bits per heavy atom. The van der Waals surface area contributed by atoms with Crippen LogP contribution in [0.25, 0.3) is 0 Å². The van der Waals surface area contributed by atoms with Gasteiger partial charge in [0, 0.05) is 6.04 Å². The van der Waals surface area contributed by atoms with Gasteiger partial charge in [-0.2, -0.15) is 0 Å². The fourth-order valence-electron chi connectivity index (χ4n) is 4.38. The summed E-state index contributed by atoms with van der Waals surface area (Å²) >= 11 is 0. The lowest BCUT2D eigenvalue weighted by molar-refractivity contribution is 0.235. The Kier molecular flexibility index (Phi) is 8.78. The van der Waals surface area contributed by atoms with Crippen LogP contribution in [0.5, 0.6) is 0 Å². The average molecular weight is 294 g/mol. The predicted molar refractivity (Wildman–Crippen MR) is 93.7 cm³/mol. The molecule has 1 heteroatoms. The van der Waals surface area contributed by atoms with Crippen LogP contribution in [0.2, 0.25) is 0 Å². The molecule has 0 amide bonds. The summed E-state index contributed by atoms with van der Waals surface area (Å²) in [4.78, 5) is 0. The van der Waals surface area contributed by atoms with Crippen LogP contribution in [0.4, 0.5) is 0 Å². The fourth-order valence-corrected chi connectivity index (χ4v) is 4.38. The van der Waals surface area contributed by atoms with Crippen LogP contribution in [0.3, 0.4) is 0 Å². The first kappa shape index (κ1) is 17.3. The summed E-state index contributed by atoms with van der Waals surface area (Å²) in [6.45, 7) is 3.78. The first-order valence-corrected chi connectivity index (χ1v) is 10.1. The lowest BCUT2D eigenvalue weighted by atomic mass is 9.80. The molecule has 2 atom stereocenters. The van der Waals surface area contributed by atoms with Gasteiger partial charge in [0.15, 0.2) is 0 Å². The molecule has 0 heterocycles. The molecule has 2 saturated carbocycles. The largest absolute Gasteiger partial charge is 0.314 e. The van der Waals surface area contributed by atoms with E-state index in [1.807, 2.05) is 0 Å². The predicted octanol–water partition coefficient (Wildman–Crippen LogP) is 6.08. The molecule has 0 aliphatic heterocycles. The molecule has 0 spiro atoms. The van der Waals surface area contributed by atoms with E-state index < -0.39 is 0 Å². The molecule has 0 saturated heterocycles. The Morgan fingerprint density at radius 1 is 0.619 bits per heavy atom. The molecule has 124 valence electrons. The monoisotopic (exact) mass is 293 g/mol. The molecule has 2 unspecified atom stereocenters. The molecule has 21 heavy (non-hydrogen) atoms. The van der Waals surface area contributed by atoms with Crippen molar-refractivity contribution in [3.05, 3.63) is 0 Å². The van der Waals surface area contributed by atoms with Gasteiger partial charge in [0.2, 0.25) is 0 Å². The van der Waals surface area contributed by atoms with Crippen LogP contribution < -0.4 is 5.32 Å². The Hall–Kier alpha value is -0.0400. The SMILES string of the molecule is CC1CCCCC1CNC1CCCCCCCCCCC1. The molecule has 1 N–H and O–H groups in total. The molecule has 2 aliphatic carbocycles. The van der Waals surface area contributed by atoms with Crippen LogP contribution >= 0.6 is 0 Å². The molecular formula is C20H39N. The van der Waals surface area contributed by atoms with E-state index in [1.165, 1.54) is 103 Å². The zero-order chi connectivity index (χ0) is 14.8. The lowest BCUT2D eigenvalue weighted by Crippen LogP contribution is -2.36. The summed E-state index contributed by atoms with van der Waals surface area (Å²) in [5.41, 5.74) is 0. The zero-order valence-electron chi connectivity index (χ0n) is 14.5. The molecule has 2 aliphatic rings. The highest BCUT2D eigenvalue weighted by Gasteiger charge is 2.21. The summed E-state index contributed by atoms with van der Waals surface area (Å²) in [7, 11) is 0. The highest BCUT2D eigenvalue weighted by Crippen LogP contribution is 2.29. The quantitative estimate of drug-likeness (QED) is 0.665. The van der Waals surface area contributed by atoms with Crippen LogP contribution in [0.1, 0.15) is 103 Å². The molecule has 0 bridgehead atoms. The van der Waals surface area contributed by atoms with E-state index in [0.29, 0.717) is 0 Å². The summed E-state index contributed by atoms with van der Waals surface area (Å²) < 4.78 is 0. The van der Waals surface area contributed by atoms with Gasteiger partial charge in [-0.1, -0.05) is 84.0 Å². The van der Waals surface area contributed by atoms with E-state index in [0.717, 1.165) is 17.9 Å². The Morgan fingerprint density at radius 2 is 1.10 bits per heavy atom. The van der Waals surface area contributed by atoms with E-state index >= 15 is 0 Å². The summed E-state index contributed by atoms with van der Waals surface area (Å²) in [5.74, 6) is 1.91. The fraction of sp³-hybridized carbons (Fsp3) is 1.00. The molecule has 0 aromatic carbocycles. The number of hydrogen-bond donors (Lipinski definition) is 1. The molecule has 2 fully saturated rings. The summed E-state index contributed by atoms with van der Waals surface area (Å²) in [6, 6.07) is 0.818. The summed E-state index contributed by atoms with van der Waals surface area (Å²) in [5, 5.41) is 3.97. The van der Waals surface area contributed by atoms with Gasteiger partial charge in [-0.3, -0.25) is 0 Å². The van der Waals surface area contributed by atoms with E-state index in [1.54, 1.807) is 0 Å². The van der Waals surface area contributed by atoms with Crippen LogP contribution in [0.15, 0.2) is 0 Å². The number of hydrogen-bond acceptors (Lipinski definition) is 1. The molecule has 0 radical (unpaired) electrons. The Balaban J connectivity index is 1.69. The van der Waals surface area contributed by atoms with E-state index in [9.17, 15) is 0 Å². The molecule has 0 aromatic rings. The van der Waals surface area contributed by atoms with Crippen molar-refractivity contribution < 1.29 is 0 Å². The third kappa shape index (κ3) is 7.17. The van der Waals surface area contributed by atoms with E-state index in [-0.39, 0.29) is 0 Å². The topological polar surface area (TPSA) is 12.0 Å². The van der Waals surface area contributed by atoms with E-state index in [2.05, 4.69) is 12.2 Å². The second-order valence-electron chi connectivity index (χ2n) is 7.89. The Bertz CT molecular complexity index is 238. The molecular weight excluding hydrogens is 254 g/mol. The molecule has 0 aromatic heterocycles. The smallest absolute Gasteiger partial charge is 0.00671 e. The van der Waals surface area contributed by atoms with Crippen LogP contribution in [-0.2, 0) is 0 Å². The minimum Gasteiger partial charge on any atom is -0.314 e. The maximum atomic E-state index is 3.97.